The van der Waals surface area contributed by atoms with Gasteiger partial charge in [0, 0.05) is 25.8 Å². The highest BCUT2D eigenvalue weighted by molar-refractivity contribution is 5.87. The third-order valence-electron chi connectivity index (χ3n) is 3.07. The fourth-order valence-corrected chi connectivity index (χ4v) is 2.51. The molecule has 1 aliphatic carbocycles. The second-order valence-corrected chi connectivity index (χ2v) is 3.94. The van der Waals surface area contributed by atoms with E-state index in [0.717, 1.165) is 11.8 Å². The molecule has 0 bridgehead atoms. The van der Waals surface area contributed by atoms with Crippen LogP contribution in [0.4, 0.5) is 0 Å². The minimum atomic E-state index is 0.929. The van der Waals surface area contributed by atoms with Crippen LogP contribution in [0.3, 0.4) is 0 Å². The second-order valence-electron chi connectivity index (χ2n) is 3.94. The van der Waals surface area contributed by atoms with Crippen molar-refractivity contribution in [2.75, 3.05) is 27.2 Å². The zero-order valence-corrected chi connectivity index (χ0v) is 7.38. The first kappa shape index (κ1) is 7.29. The van der Waals surface area contributed by atoms with Gasteiger partial charge in [-0.2, -0.15) is 0 Å². The molecule has 2 rings (SSSR count). The van der Waals surface area contributed by atoms with E-state index in [1.807, 2.05) is 7.05 Å². The van der Waals surface area contributed by atoms with Crippen LogP contribution in [0.1, 0.15) is 12.8 Å². The van der Waals surface area contributed by atoms with Gasteiger partial charge in [0.25, 0.3) is 0 Å². The summed E-state index contributed by atoms with van der Waals surface area (Å²) < 4.78 is 0. The monoisotopic (exact) mass is 152 g/mol. The molecule has 0 spiro atoms. The quantitative estimate of drug-likeness (QED) is 0.506. The molecule has 2 aliphatic rings. The minimum Gasteiger partial charge on any atom is -0.306 e. The molecule has 0 radical (unpaired) electrons. The summed E-state index contributed by atoms with van der Waals surface area (Å²) in [5.74, 6) is 1.86. The Bertz CT molecular complexity index is 170. The number of hydrogen-bond acceptors (Lipinski definition) is 2. The van der Waals surface area contributed by atoms with Crippen LogP contribution < -0.4 is 0 Å². The number of hydrogen-bond donors (Lipinski definition) is 0. The highest BCUT2D eigenvalue weighted by Gasteiger charge is 2.37. The van der Waals surface area contributed by atoms with Gasteiger partial charge < -0.3 is 4.90 Å². The average Bonchev–Trinajstić information content (AvgIpc) is 2.43. The van der Waals surface area contributed by atoms with Crippen molar-refractivity contribution in [3.63, 3.8) is 0 Å². The van der Waals surface area contributed by atoms with E-state index in [1.165, 1.54) is 31.6 Å². The Morgan fingerprint density at radius 1 is 1.27 bits per heavy atom. The van der Waals surface area contributed by atoms with E-state index in [0.29, 0.717) is 0 Å². The number of nitrogens with zero attached hydrogens (tertiary/aromatic N) is 2. The van der Waals surface area contributed by atoms with E-state index in [-0.39, 0.29) is 0 Å². The molecular formula is C9H16N2. The number of rotatable bonds is 0. The molecule has 11 heavy (non-hydrogen) atoms. The molecule has 1 heterocycles. The van der Waals surface area contributed by atoms with Gasteiger partial charge in [0.15, 0.2) is 0 Å². The lowest BCUT2D eigenvalue weighted by Gasteiger charge is -2.07. The number of fused-ring (bicyclic) bond motifs is 1. The van der Waals surface area contributed by atoms with Gasteiger partial charge in [-0.15, -0.1) is 0 Å². The summed E-state index contributed by atoms with van der Waals surface area (Å²) in [5.41, 5.74) is 1.45. The average molecular weight is 152 g/mol. The van der Waals surface area contributed by atoms with E-state index >= 15 is 0 Å². The molecule has 2 fully saturated rings. The van der Waals surface area contributed by atoms with E-state index in [4.69, 9.17) is 0 Å². The van der Waals surface area contributed by atoms with Crippen molar-refractivity contribution in [1.82, 2.24) is 4.90 Å². The minimum absolute atomic E-state index is 0.929. The SMILES string of the molecule is C/N=C1/C[C@@H]2CN(C)C[C@@H]2C1. The first-order valence-corrected chi connectivity index (χ1v) is 4.42. The third kappa shape index (κ3) is 1.20. The molecule has 1 saturated heterocycles. The van der Waals surface area contributed by atoms with Crippen LogP contribution in [-0.2, 0) is 0 Å². The number of likely N-dealkylation sites (tertiary alicyclic amines) is 1. The van der Waals surface area contributed by atoms with Gasteiger partial charge in [0.05, 0.1) is 0 Å². The zero-order chi connectivity index (χ0) is 7.84. The van der Waals surface area contributed by atoms with Gasteiger partial charge in [0.1, 0.15) is 0 Å². The maximum Gasteiger partial charge on any atom is 0.0276 e. The van der Waals surface area contributed by atoms with Crippen LogP contribution in [0, 0.1) is 11.8 Å². The first-order chi connectivity index (χ1) is 5.29. The molecule has 0 amide bonds. The summed E-state index contributed by atoms with van der Waals surface area (Å²) >= 11 is 0. The van der Waals surface area contributed by atoms with Gasteiger partial charge in [-0.3, -0.25) is 4.99 Å². The Morgan fingerprint density at radius 3 is 2.27 bits per heavy atom. The van der Waals surface area contributed by atoms with Gasteiger partial charge >= 0.3 is 0 Å². The molecule has 0 aromatic carbocycles. The fourth-order valence-electron chi connectivity index (χ4n) is 2.51. The first-order valence-electron chi connectivity index (χ1n) is 4.42. The largest absolute Gasteiger partial charge is 0.306 e. The molecule has 2 atom stereocenters. The van der Waals surface area contributed by atoms with Crippen LogP contribution in [0.15, 0.2) is 4.99 Å². The van der Waals surface area contributed by atoms with Crippen LogP contribution in [0.25, 0.3) is 0 Å². The molecule has 0 N–H and O–H groups in total. The van der Waals surface area contributed by atoms with E-state index in [2.05, 4.69) is 16.9 Å². The summed E-state index contributed by atoms with van der Waals surface area (Å²) in [5, 5.41) is 0. The predicted octanol–water partition coefficient (Wildman–Crippen LogP) is 1.03. The summed E-state index contributed by atoms with van der Waals surface area (Å²) in [6, 6.07) is 0. The summed E-state index contributed by atoms with van der Waals surface area (Å²) in [6.45, 7) is 2.59. The van der Waals surface area contributed by atoms with Gasteiger partial charge in [-0.25, -0.2) is 0 Å². The fraction of sp³-hybridized carbons (Fsp3) is 0.889. The number of aliphatic imine (C=N–C) groups is 1. The van der Waals surface area contributed by atoms with E-state index in [9.17, 15) is 0 Å². The van der Waals surface area contributed by atoms with Gasteiger partial charge in [-0.05, 0) is 31.7 Å². The maximum atomic E-state index is 4.29. The molecule has 0 aromatic rings. The second kappa shape index (κ2) is 2.59. The molecule has 1 aliphatic heterocycles. The molecule has 0 aromatic heterocycles. The van der Waals surface area contributed by atoms with Crippen LogP contribution >= 0.6 is 0 Å². The topological polar surface area (TPSA) is 15.6 Å². The van der Waals surface area contributed by atoms with Crippen LogP contribution in [0.2, 0.25) is 0 Å². The molecular weight excluding hydrogens is 136 g/mol. The Kier molecular flexibility index (Phi) is 1.72. The molecule has 2 heteroatoms. The Hall–Kier alpha value is -0.370. The lowest BCUT2D eigenvalue weighted by molar-refractivity contribution is 0.392. The van der Waals surface area contributed by atoms with Crippen molar-refractivity contribution in [2.24, 2.45) is 16.8 Å². The smallest absolute Gasteiger partial charge is 0.0276 e. The van der Waals surface area contributed by atoms with Crippen molar-refractivity contribution in [3.05, 3.63) is 0 Å². The maximum absolute atomic E-state index is 4.29. The zero-order valence-electron chi connectivity index (χ0n) is 7.38. The Balaban J connectivity index is 2.04. The normalized spacial score (nSPS) is 41.8. The summed E-state index contributed by atoms with van der Waals surface area (Å²) in [6.07, 6.45) is 2.54. The predicted molar refractivity (Wildman–Crippen MR) is 47.1 cm³/mol. The van der Waals surface area contributed by atoms with Crippen molar-refractivity contribution >= 4 is 5.71 Å². The molecule has 62 valence electrons. The highest BCUT2D eigenvalue weighted by atomic mass is 15.1. The van der Waals surface area contributed by atoms with Crippen molar-refractivity contribution < 1.29 is 0 Å². The molecule has 0 unspecified atom stereocenters. The molecule has 2 nitrogen and oxygen atoms in total. The van der Waals surface area contributed by atoms with Crippen molar-refractivity contribution in [2.45, 2.75) is 12.8 Å². The van der Waals surface area contributed by atoms with Crippen molar-refractivity contribution in [3.8, 4) is 0 Å². The third-order valence-corrected chi connectivity index (χ3v) is 3.07. The van der Waals surface area contributed by atoms with Gasteiger partial charge in [-0.1, -0.05) is 0 Å². The lowest BCUT2D eigenvalue weighted by Crippen LogP contribution is -2.16. The Morgan fingerprint density at radius 2 is 1.82 bits per heavy atom. The van der Waals surface area contributed by atoms with Gasteiger partial charge in [0.2, 0.25) is 0 Å². The van der Waals surface area contributed by atoms with Crippen LogP contribution in [-0.4, -0.2) is 37.8 Å². The van der Waals surface area contributed by atoms with Crippen molar-refractivity contribution in [1.29, 1.82) is 0 Å². The molecule has 1 saturated carbocycles. The highest BCUT2D eigenvalue weighted by Crippen LogP contribution is 2.35. The standard InChI is InChI=1S/C9H16N2/c1-10-9-3-7-5-11(2)6-8(7)4-9/h7-8H,3-6H2,1-2H3/b10-9-/t7-,8+/m1/s1. The lowest BCUT2D eigenvalue weighted by atomic mass is 10.0. The summed E-state index contributed by atoms with van der Waals surface area (Å²) in [4.78, 5) is 6.74. The van der Waals surface area contributed by atoms with Crippen LogP contribution in [0.5, 0.6) is 0 Å². The summed E-state index contributed by atoms with van der Waals surface area (Å²) in [7, 11) is 4.15. The van der Waals surface area contributed by atoms with E-state index < -0.39 is 0 Å². The van der Waals surface area contributed by atoms with E-state index in [1.54, 1.807) is 0 Å². The Labute approximate surface area is 68.3 Å².